The van der Waals surface area contributed by atoms with Crippen LogP contribution in [0.15, 0.2) is 0 Å². The summed E-state index contributed by atoms with van der Waals surface area (Å²) in [5.74, 6) is 0. The van der Waals surface area contributed by atoms with Gasteiger partial charge < -0.3 is 87.9 Å². The van der Waals surface area contributed by atoms with E-state index in [4.69, 9.17) is 52.1 Å². The molecule has 0 saturated carbocycles. The Morgan fingerprint density at radius 3 is 1.42 bits per heavy atom. The Morgan fingerprint density at radius 1 is 0.500 bits per heavy atom. The molecule has 18 heteroatoms. The lowest BCUT2D eigenvalue weighted by Crippen LogP contribution is -2.62. The molecule has 292 valence electrons. The highest BCUT2D eigenvalue weighted by atomic mass is 16.8. The number of aliphatic hydroxyl groups is 7. The van der Waals surface area contributed by atoms with Crippen LogP contribution < -0.4 is 0 Å². The highest BCUT2D eigenvalue weighted by molar-refractivity contribution is 4.93. The van der Waals surface area contributed by atoms with Gasteiger partial charge >= 0.3 is 0 Å². The molecule has 0 bridgehead atoms. The predicted molar refractivity (Wildman–Crippen MR) is 165 cm³/mol. The molecule has 5 saturated heterocycles. The van der Waals surface area contributed by atoms with Gasteiger partial charge in [0.1, 0.15) is 48.8 Å². The lowest BCUT2D eigenvalue weighted by molar-refractivity contribution is -0.357. The fourth-order valence-electron chi connectivity index (χ4n) is 7.43. The van der Waals surface area contributed by atoms with Gasteiger partial charge in [-0.2, -0.15) is 0 Å². The zero-order valence-electron chi connectivity index (χ0n) is 29.3. The molecule has 18 nitrogen and oxygen atoms in total. The summed E-state index contributed by atoms with van der Waals surface area (Å²) in [7, 11) is 3.03. The fraction of sp³-hybridized carbons (Fsp3) is 1.00. The van der Waals surface area contributed by atoms with E-state index in [-0.39, 0.29) is 19.3 Å². The number of aliphatic hydroxyl groups excluding tert-OH is 7. The maximum atomic E-state index is 11.2. The largest absolute Gasteiger partial charge is 0.394 e. The van der Waals surface area contributed by atoms with Crippen LogP contribution in [0.25, 0.3) is 0 Å². The van der Waals surface area contributed by atoms with Crippen LogP contribution >= 0.6 is 0 Å². The molecule has 0 aromatic carbocycles. The second kappa shape index (κ2) is 17.6. The second-order valence-corrected chi connectivity index (χ2v) is 13.8. The van der Waals surface area contributed by atoms with Gasteiger partial charge in [0.05, 0.1) is 55.4 Å². The van der Waals surface area contributed by atoms with E-state index in [1.807, 2.05) is 6.92 Å². The van der Waals surface area contributed by atoms with Crippen molar-refractivity contribution < 1.29 is 87.9 Å². The first-order valence-electron chi connectivity index (χ1n) is 17.4. The van der Waals surface area contributed by atoms with E-state index in [2.05, 4.69) is 0 Å². The maximum Gasteiger partial charge on any atom is 0.187 e. The Balaban J connectivity index is 1.12. The Labute approximate surface area is 291 Å². The molecular formula is C32H56O18. The second-order valence-electron chi connectivity index (χ2n) is 13.8. The molecule has 21 atom stereocenters. The van der Waals surface area contributed by atoms with Gasteiger partial charge in [0.2, 0.25) is 0 Å². The molecule has 0 spiro atoms. The van der Waals surface area contributed by atoms with E-state index >= 15 is 0 Å². The summed E-state index contributed by atoms with van der Waals surface area (Å²) in [5.41, 5.74) is 0. The van der Waals surface area contributed by atoms with Crippen molar-refractivity contribution in [2.45, 2.75) is 182 Å². The molecule has 50 heavy (non-hydrogen) atoms. The van der Waals surface area contributed by atoms with Crippen LogP contribution in [0.5, 0.6) is 0 Å². The van der Waals surface area contributed by atoms with Crippen molar-refractivity contribution in [1.29, 1.82) is 0 Å². The van der Waals surface area contributed by atoms with Gasteiger partial charge in [0.25, 0.3) is 0 Å². The van der Waals surface area contributed by atoms with Crippen LogP contribution in [-0.2, 0) is 52.1 Å². The van der Waals surface area contributed by atoms with Crippen molar-refractivity contribution in [2.75, 3.05) is 20.8 Å². The zero-order chi connectivity index (χ0) is 36.4. The van der Waals surface area contributed by atoms with Crippen LogP contribution in [0.3, 0.4) is 0 Å². The van der Waals surface area contributed by atoms with E-state index in [9.17, 15) is 35.7 Å². The van der Waals surface area contributed by atoms with Gasteiger partial charge in [-0.3, -0.25) is 0 Å². The summed E-state index contributed by atoms with van der Waals surface area (Å²) >= 11 is 0. The van der Waals surface area contributed by atoms with Gasteiger partial charge in [-0.25, -0.2) is 0 Å². The molecule has 5 rings (SSSR count). The number of methoxy groups -OCH3 is 2. The van der Waals surface area contributed by atoms with Crippen molar-refractivity contribution in [1.82, 2.24) is 0 Å². The average molecular weight is 729 g/mol. The Bertz CT molecular complexity index is 1020. The number of hydrogen-bond donors (Lipinski definition) is 7. The molecular weight excluding hydrogens is 672 g/mol. The first kappa shape index (κ1) is 40.5. The molecule has 7 N–H and O–H groups in total. The number of ether oxygens (including phenoxy) is 11. The minimum Gasteiger partial charge on any atom is -0.394 e. The first-order chi connectivity index (χ1) is 23.7. The fourth-order valence-corrected chi connectivity index (χ4v) is 7.43. The van der Waals surface area contributed by atoms with E-state index in [1.165, 1.54) is 7.11 Å². The summed E-state index contributed by atoms with van der Waals surface area (Å²) in [6.45, 7) is 6.39. The molecule has 0 radical (unpaired) electrons. The van der Waals surface area contributed by atoms with Crippen LogP contribution in [0.4, 0.5) is 0 Å². The monoisotopic (exact) mass is 728 g/mol. The van der Waals surface area contributed by atoms with Gasteiger partial charge in [-0.1, -0.05) is 0 Å². The topological polar surface area (TPSA) is 243 Å². The van der Waals surface area contributed by atoms with Crippen LogP contribution in [0, 0.1) is 0 Å². The number of rotatable bonds is 11. The van der Waals surface area contributed by atoms with Crippen LogP contribution in [0.1, 0.15) is 53.4 Å². The molecule has 5 fully saturated rings. The summed E-state index contributed by atoms with van der Waals surface area (Å²) < 4.78 is 65.2. The lowest BCUT2D eigenvalue weighted by Gasteiger charge is -2.47. The molecule has 5 heterocycles. The average Bonchev–Trinajstić information content (AvgIpc) is 3.06. The highest BCUT2D eigenvalue weighted by Gasteiger charge is 2.50. The van der Waals surface area contributed by atoms with Crippen molar-refractivity contribution in [2.24, 2.45) is 0 Å². The van der Waals surface area contributed by atoms with E-state index in [0.29, 0.717) is 6.42 Å². The van der Waals surface area contributed by atoms with Gasteiger partial charge in [-0.15, -0.1) is 0 Å². The molecule has 0 unspecified atom stereocenters. The minimum absolute atomic E-state index is 0.0281. The predicted octanol–water partition coefficient (Wildman–Crippen LogP) is -2.39. The summed E-state index contributed by atoms with van der Waals surface area (Å²) in [6.07, 6.45) is -18.2. The molecule has 0 aromatic rings. The van der Waals surface area contributed by atoms with Gasteiger partial charge in [-0.05, 0) is 27.7 Å². The van der Waals surface area contributed by atoms with Crippen molar-refractivity contribution >= 4 is 0 Å². The molecule has 0 aliphatic carbocycles. The van der Waals surface area contributed by atoms with Crippen molar-refractivity contribution in [3.8, 4) is 0 Å². The van der Waals surface area contributed by atoms with Crippen LogP contribution in [-0.4, -0.2) is 186 Å². The normalized spacial score (nSPS) is 52.1. The highest BCUT2D eigenvalue weighted by Crippen LogP contribution is 2.35. The third-order valence-corrected chi connectivity index (χ3v) is 10.2. The lowest BCUT2D eigenvalue weighted by atomic mass is 9.98. The van der Waals surface area contributed by atoms with Crippen LogP contribution in [0.2, 0.25) is 0 Å². The molecule has 0 aromatic heterocycles. The third-order valence-electron chi connectivity index (χ3n) is 10.2. The van der Waals surface area contributed by atoms with Gasteiger partial charge in [0, 0.05) is 39.9 Å². The van der Waals surface area contributed by atoms with E-state index in [0.717, 1.165) is 0 Å². The quantitative estimate of drug-likeness (QED) is 0.117. The Kier molecular flexibility index (Phi) is 14.3. The summed E-state index contributed by atoms with van der Waals surface area (Å²) in [4.78, 5) is 0. The zero-order valence-corrected chi connectivity index (χ0v) is 29.3. The molecule has 5 aliphatic rings. The smallest absolute Gasteiger partial charge is 0.187 e. The molecule has 5 aliphatic heterocycles. The van der Waals surface area contributed by atoms with Gasteiger partial charge in [0.15, 0.2) is 31.5 Å². The van der Waals surface area contributed by atoms with E-state index in [1.54, 1.807) is 27.9 Å². The van der Waals surface area contributed by atoms with Crippen molar-refractivity contribution in [3.05, 3.63) is 0 Å². The Morgan fingerprint density at radius 2 is 0.940 bits per heavy atom. The standard InChI is InChI=1S/C32H56O18/c1-12-28(16(34)7-21(36)42-12)47-23-9-18(40-5)30(14(3)44-23)49-22-8-17(35)29(13(2)43-22)48-24-10-19(41-6)31(15(4)45-24)50-32-27(39)26(38)25(37)20(11-33)46-32/h12-39H,7-11H2,1-6H3/t12-,13-,14-,15-,16+,17+,18-,19-,20-,21-,22+,23+,24+,25-,26+,27-,28-,29-,30-,31-,32+/m1/s1. The third kappa shape index (κ3) is 9.14. The van der Waals surface area contributed by atoms with E-state index < -0.39 is 136 Å². The first-order valence-corrected chi connectivity index (χ1v) is 17.4. The minimum atomic E-state index is -1.60. The SMILES string of the molecule is CO[C@@H]1C[C@H](O[C@H]2[C@@H](O)C[C@H](O)O[C@@H]2C)O[C@H](C)[C@H]1O[C@H]1C[C@H](O)[C@H](O[C@H]2C[C@@H](OC)[C@H](O[C@@H]3O[C@H](CO)[C@@H](O)[C@H](O)[C@H]3O)[C@@H](C)O2)[C@@H](C)O1. The maximum absolute atomic E-state index is 11.2. The number of hydrogen-bond acceptors (Lipinski definition) is 18. The summed E-state index contributed by atoms with van der Waals surface area (Å²) in [6, 6.07) is 0. The summed E-state index contributed by atoms with van der Waals surface area (Å²) in [5, 5.41) is 71.6. The van der Waals surface area contributed by atoms with Crippen molar-refractivity contribution in [3.63, 3.8) is 0 Å². The molecule has 0 amide bonds. The Hall–Kier alpha value is -0.720.